The summed E-state index contributed by atoms with van der Waals surface area (Å²) in [5.74, 6) is -2.10. The van der Waals surface area contributed by atoms with Crippen molar-refractivity contribution in [3.8, 4) is 5.75 Å². The zero-order valence-corrected chi connectivity index (χ0v) is 21.6. The van der Waals surface area contributed by atoms with Gasteiger partial charge >= 0.3 is 0 Å². The third-order valence-corrected chi connectivity index (χ3v) is 7.78. The number of rotatable bonds is 11. The zero-order valence-electron chi connectivity index (χ0n) is 20.8. The molecule has 0 saturated carbocycles. The third kappa shape index (κ3) is 7.05. The van der Waals surface area contributed by atoms with Crippen LogP contribution in [0, 0.1) is 17.5 Å². The van der Waals surface area contributed by atoms with E-state index in [2.05, 4.69) is 16.5 Å². The summed E-state index contributed by atoms with van der Waals surface area (Å²) >= 11 is 0. The summed E-state index contributed by atoms with van der Waals surface area (Å²) in [5.41, 5.74) is 2.37. The average molecular weight is 533 g/mol. The van der Waals surface area contributed by atoms with Crippen LogP contribution in [-0.4, -0.2) is 26.5 Å². The van der Waals surface area contributed by atoms with Crippen LogP contribution in [0.25, 0.3) is 0 Å². The Hall–Kier alpha value is -3.04. The summed E-state index contributed by atoms with van der Waals surface area (Å²) in [4.78, 5) is 2.14. The maximum atomic E-state index is 14.6. The maximum absolute atomic E-state index is 14.6. The lowest BCUT2D eigenvalue weighted by atomic mass is 9.99. The van der Waals surface area contributed by atoms with Crippen molar-refractivity contribution in [3.63, 3.8) is 0 Å². The third-order valence-electron chi connectivity index (χ3n) is 6.42. The van der Waals surface area contributed by atoms with Gasteiger partial charge in [0.15, 0.2) is 17.5 Å². The minimum Gasteiger partial charge on any atom is -0.493 e. The Morgan fingerprint density at radius 2 is 1.73 bits per heavy atom. The summed E-state index contributed by atoms with van der Waals surface area (Å²) in [6, 6.07) is 12.8. The lowest BCUT2D eigenvalue weighted by Gasteiger charge is -2.29. The van der Waals surface area contributed by atoms with E-state index in [0.29, 0.717) is 44.0 Å². The quantitative estimate of drug-likeness (QED) is 0.290. The van der Waals surface area contributed by atoms with Crippen LogP contribution < -0.4 is 9.46 Å². The molecule has 0 saturated heterocycles. The molecule has 0 unspecified atom stereocenters. The maximum Gasteiger partial charge on any atom is 0.261 e. The molecule has 0 aromatic heterocycles. The molecule has 3 aromatic carbocycles. The van der Waals surface area contributed by atoms with Gasteiger partial charge in [0.05, 0.1) is 17.2 Å². The van der Waals surface area contributed by atoms with Gasteiger partial charge in [-0.25, -0.2) is 21.6 Å². The Labute approximate surface area is 216 Å². The van der Waals surface area contributed by atoms with Crippen molar-refractivity contribution in [2.75, 3.05) is 17.9 Å². The fourth-order valence-electron chi connectivity index (χ4n) is 4.38. The number of fused-ring (bicyclic) bond motifs is 1. The molecule has 5 nitrogen and oxygen atoms in total. The smallest absolute Gasteiger partial charge is 0.261 e. The predicted molar refractivity (Wildman–Crippen MR) is 137 cm³/mol. The molecule has 37 heavy (non-hydrogen) atoms. The van der Waals surface area contributed by atoms with Gasteiger partial charge in [0.25, 0.3) is 10.0 Å². The largest absolute Gasteiger partial charge is 0.493 e. The van der Waals surface area contributed by atoms with Crippen LogP contribution in [0.1, 0.15) is 49.3 Å². The van der Waals surface area contributed by atoms with Crippen molar-refractivity contribution in [1.29, 1.82) is 0 Å². The second-order valence-electron chi connectivity index (χ2n) is 9.30. The normalized spacial score (nSPS) is 13.8. The molecular weight excluding hydrogens is 501 g/mol. The van der Waals surface area contributed by atoms with Gasteiger partial charge < -0.3 is 4.74 Å². The van der Waals surface area contributed by atoms with Crippen LogP contribution in [0.2, 0.25) is 0 Å². The van der Waals surface area contributed by atoms with Gasteiger partial charge in [-0.3, -0.25) is 9.62 Å². The number of sulfonamides is 1. The van der Waals surface area contributed by atoms with Crippen molar-refractivity contribution in [2.45, 2.75) is 57.0 Å². The summed E-state index contributed by atoms with van der Waals surface area (Å²) < 4.78 is 75.2. The SMILES string of the molecule is CCCCCCOc1ccc(NS(=O)(=O)c2ccc3c(c2)CCN(Cc2ccc(F)c(F)c2)C3)c(F)c1. The Balaban J connectivity index is 1.39. The van der Waals surface area contributed by atoms with E-state index < -0.39 is 27.5 Å². The molecule has 1 N–H and O–H groups in total. The van der Waals surface area contributed by atoms with E-state index in [4.69, 9.17) is 4.74 Å². The van der Waals surface area contributed by atoms with Gasteiger partial charge in [-0.1, -0.05) is 38.3 Å². The number of nitrogens with zero attached hydrogens (tertiary/aromatic N) is 1. The molecule has 0 radical (unpaired) electrons. The minimum atomic E-state index is -4.00. The molecule has 0 amide bonds. The number of hydrogen-bond donors (Lipinski definition) is 1. The fourth-order valence-corrected chi connectivity index (χ4v) is 5.49. The number of halogens is 3. The van der Waals surface area contributed by atoms with Crippen LogP contribution in [0.5, 0.6) is 5.75 Å². The molecule has 1 aliphatic heterocycles. The average Bonchev–Trinajstić information content (AvgIpc) is 2.87. The topological polar surface area (TPSA) is 58.6 Å². The molecule has 1 heterocycles. The number of ether oxygens (including phenoxy) is 1. The van der Waals surface area contributed by atoms with E-state index in [1.54, 1.807) is 24.3 Å². The Morgan fingerprint density at radius 3 is 2.49 bits per heavy atom. The van der Waals surface area contributed by atoms with Gasteiger partial charge in [0.1, 0.15) is 5.75 Å². The lowest BCUT2D eigenvalue weighted by Crippen LogP contribution is -2.30. The summed E-state index contributed by atoms with van der Waals surface area (Å²) in [7, 11) is -4.00. The second kappa shape index (κ2) is 12.0. The Kier molecular flexibility index (Phi) is 8.76. The van der Waals surface area contributed by atoms with E-state index >= 15 is 0 Å². The van der Waals surface area contributed by atoms with Crippen molar-refractivity contribution >= 4 is 15.7 Å². The van der Waals surface area contributed by atoms with E-state index in [9.17, 15) is 21.6 Å². The highest BCUT2D eigenvalue weighted by Crippen LogP contribution is 2.27. The van der Waals surface area contributed by atoms with Crippen LogP contribution in [0.15, 0.2) is 59.5 Å². The molecule has 0 bridgehead atoms. The number of hydrogen-bond acceptors (Lipinski definition) is 4. The second-order valence-corrected chi connectivity index (χ2v) is 11.0. The predicted octanol–water partition coefficient (Wildman–Crippen LogP) is 6.42. The fraction of sp³-hybridized carbons (Fsp3) is 0.357. The summed E-state index contributed by atoms with van der Waals surface area (Å²) in [6.45, 7) is 4.25. The van der Waals surface area contributed by atoms with Gasteiger partial charge in [-0.15, -0.1) is 0 Å². The van der Waals surface area contributed by atoms with Crippen molar-refractivity contribution < 1.29 is 26.3 Å². The van der Waals surface area contributed by atoms with Crippen LogP contribution in [0.4, 0.5) is 18.9 Å². The summed E-state index contributed by atoms with van der Waals surface area (Å²) in [5, 5.41) is 0. The van der Waals surface area contributed by atoms with Crippen LogP contribution in [-0.2, 0) is 29.5 Å². The van der Waals surface area contributed by atoms with Gasteiger partial charge in [0, 0.05) is 25.7 Å². The molecule has 4 rings (SSSR count). The zero-order chi connectivity index (χ0) is 26.4. The van der Waals surface area contributed by atoms with E-state index in [-0.39, 0.29) is 10.6 Å². The molecule has 0 spiro atoms. The first-order chi connectivity index (χ1) is 17.7. The lowest BCUT2D eigenvalue weighted by molar-refractivity contribution is 0.245. The first-order valence-corrected chi connectivity index (χ1v) is 14.0. The van der Waals surface area contributed by atoms with E-state index in [0.717, 1.165) is 42.9 Å². The molecule has 0 aliphatic carbocycles. The number of nitrogens with one attached hydrogen (secondary N) is 1. The highest BCUT2D eigenvalue weighted by molar-refractivity contribution is 7.92. The highest BCUT2D eigenvalue weighted by atomic mass is 32.2. The molecule has 3 aromatic rings. The van der Waals surface area contributed by atoms with Crippen molar-refractivity contribution in [3.05, 3.63) is 88.7 Å². The van der Waals surface area contributed by atoms with E-state index in [1.165, 1.54) is 24.3 Å². The molecule has 1 aliphatic rings. The first kappa shape index (κ1) is 27.0. The van der Waals surface area contributed by atoms with E-state index in [1.807, 2.05) is 0 Å². The van der Waals surface area contributed by atoms with Crippen molar-refractivity contribution in [1.82, 2.24) is 4.90 Å². The van der Waals surface area contributed by atoms with Gasteiger partial charge in [-0.2, -0.15) is 0 Å². The minimum absolute atomic E-state index is 0.0518. The monoisotopic (exact) mass is 532 g/mol. The number of unbranched alkanes of at least 4 members (excludes halogenated alkanes) is 3. The molecule has 9 heteroatoms. The highest BCUT2D eigenvalue weighted by Gasteiger charge is 2.22. The molecular formula is C28H31F3N2O3S. The molecule has 0 atom stereocenters. The standard InChI is InChI=1S/C28H31F3N2O3S/c1-2-3-4-5-14-36-23-8-11-28(27(31)17-23)32-37(34,35)24-9-7-22-19-33(13-12-21(22)16-24)18-20-6-10-25(29)26(30)15-20/h6-11,15-17,32H,2-5,12-14,18-19H2,1H3. The van der Waals surface area contributed by atoms with Crippen LogP contribution >= 0.6 is 0 Å². The molecule has 198 valence electrons. The Morgan fingerprint density at radius 1 is 0.892 bits per heavy atom. The van der Waals surface area contributed by atoms with Crippen molar-refractivity contribution in [2.24, 2.45) is 0 Å². The van der Waals surface area contributed by atoms with Crippen LogP contribution in [0.3, 0.4) is 0 Å². The first-order valence-electron chi connectivity index (χ1n) is 12.5. The summed E-state index contributed by atoms with van der Waals surface area (Å²) in [6.07, 6.45) is 4.76. The number of benzene rings is 3. The Bertz CT molecular complexity index is 1350. The number of anilines is 1. The molecule has 0 fully saturated rings. The van der Waals surface area contributed by atoms with Gasteiger partial charge in [-0.05, 0) is 65.9 Å². The van der Waals surface area contributed by atoms with Gasteiger partial charge in [0.2, 0.25) is 0 Å².